The normalized spacial score (nSPS) is 16.7. The van der Waals surface area contributed by atoms with Crippen molar-refractivity contribution in [3.8, 4) is 160 Å². The van der Waals surface area contributed by atoms with Crippen molar-refractivity contribution in [2.75, 3.05) is 54.3 Å². The third-order valence-electron chi connectivity index (χ3n) is 11.2. The highest BCUT2D eigenvalue weighted by Crippen LogP contribution is 2.72. The summed E-state index contributed by atoms with van der Waals surface area (Å²) in [6, 6.07) is 0. The molecule has 16 heterocycles. The van der Waals surface area contributed by atoms with E-state index >= 15 is 0 Å². The minimum Gasteiger partial charge on any atom is -0.452 e. The molecule has 0 saturated heterocycles. The Morgan fingerprint density at radius 2 is 0.469 bits per heavy atom. The van der Waals surface area contributed by atoms with Crippen LogP contribution in [0.3, 0.4) is 0 Å². The molecule has 24 heteroatoms. The topological polar surface area (TPSA) is 148 Å². The van der Waals surface area contributed by atoms with Crippen LogP contribution in [0, 0.1) is 0 Å². The van der Waals surface area contributed by atoms with E-state index in [-0.39, 0.29) is 54.3 Å². The maximum absolute atomic E-state index is 6.43. The molecule has 8 aromatic rings. The van der Waals surface area contributed by atoms with Crippen LogP contribution in [-0.4, -0.2) is 54.3 Å². The zero-order chi connectivity index (χ0) is 41.4. The van der Waals surface area contributed by atoms with E-state index in [4.69, 9.17) is 75.8 Å². The summed E-state index contributed by atoms with van der Waals surface area (Å²) < 4.78 is 98.5. The van der Waals surface area contributed by atoms with Crippen molar-refractivity contribution in [2.24, 2.45) is 0 Å². The number of fused-ring (bicyclic) bond motifs is 8. The third kappa shape index (κ3) is 4.68. The highest BCUT2D eigenvalue weighted by atomic mass is 32.1. The Morgan fingerprint density at radius 3 is 0.797 bits per heavy atom. The van der Waals surface area contributed by atoms with E-state index in [9.17, 15) is 0 Å². The highest BCUT2D eigenvalue weighted by Gasteiger charge is 2.45. The fourth-order valence-corrected chi connectivity index (χ4v) is 17.5. The van der Waals surface area contributed by atoms with Gasteiger partial charge in [-0.2, -0.15) is 0 Å². The van der Waals surface area contributed by atoms with E-state index in [2.05, 4.69) is 0 Å². The summed E-state index contributed by atoms with van der Waals surface area (Å²) in [6.07, 6.45) is 0. The predicted octanol–water partition coefficient (Wildman–Crippen LogP) is 11.7. The number of ether oxygens (including phenoxy) is 16. The summed E-state index contributed by atoms with van der Waals surface area (Å²) in [4.78, 5) is 5.07. The number of hydrogen-bond donors (Lipinski definition) is 0. The summed E-state index contributed by atoms with van der Waals surface area (Å²) in [5, 5.41) is 9.29. The van der Waals surface area contributed by atoms with E-state index in [0.717, 1.165) is 83.9 Å². The van der Waals surface area contributed by atoms with Crippen LogP contribution in [-0.2, 0) is 0 Å². The van der Waals surface area contributed by atoms with Gasteiger partial charge in [-0.3, -0.25) is 0 Å². The first-order valence-corrected chi connectivity index (χ1v) is 25.7. The van der Waals surface area contributed by atoms with Crippen molar-refractivity contribution in [2.45, 2.75) is 0 Å². The molecule has 0 saturated carbocycles. The second-order valence-corrected chi connectivity index (χ2v) is 21.9. The van der Waals surface area contributed by atoms with Gasteiger partial charge in [0.05, 0.1) is 62.6 Å². The lowest BCUT2D eigenvalue weighted by atomic mass is 9.96. The molecule has 0 radical (unpaired) electrons. The lowest BCUT2D eigenvalue weighted by molar-refractivity contribution is 0.174. The second-order valence-electron chi connectivity index (χ2n) is 14.3. The molecular formula is C40H18O16S8. The van der Waals surface area contributed by atoms with Gasteiger partial charge >= 0.3 is 0 Å². The van der Waals surface area contributed by atoms with Gasteiger partial charge in [0.1, 0.15) is 0 Å². The smallest absolute Gasteiger partial charge is 0.232 e. The van der Waals surface area contributed by atoms with Crippen molar-refractivity contribution in [3.63, 3.8) is 0 Å². The first-order valence-electron chi connectivity index (χ1n) is 19.0. The molecule has 0 N–H and O–H groups in total. The molecule has 0 spiro atoms. The highest BCUT2D eigenvalue weighted by molar-refractivity contribution is 7.24. The summed E-state index contributed by atoms with van der Waals surface area (Å²) in [5.74, 6) is 4.92. The molecule has 0 unspecified atom stereocenters. The molecule has 16 rings (SSSR count). The first kappa shape index (κ1) is 35.7. The molecule has 0 aromatic carbocycles. The molecule has 0 amide bonds. The van der Waals surface area contributed by atoms with Crippen LogP contribution >= 0.6 is 90.7 Å². The van der Waals surface area contributed by atoms with Crippen LogP contribution in [0.4, 0.5) is 0 Å². The lowest BCUT2D eigenvalue weighted by Crippen LogP contribution is -1.99. The lowest BCUT2D eigenvalue weighted by Gasteiger charge is -2.14. The van der Waals surface area contributed by atoms with Crippen LogP contribution in [0.1, 0.15) is 0 Å². The summed E-state index contributed by atoms with van der Waals surface area (Å²) in [5.41, 5.74) is 6.42. The Morgan fingerprint density at radius 1 is 0.234 bits per heavy atom. The Labute approximate surface area is 389 Å². The molecule has 0 atom stereocenters. The zero-order valence-electron chi connectivity index (χ0n) is 31.6. The Balaban J connectivity index is 0.955. The monoisotopic (exact) mass is 1010 g/mol. The Kier molecular flexibility index (Phi) is 7.27. The van der Waals surface area contributed by atoms with E-state index in [1.54, 1.807) is 0 Å². The van der Waals surface area contributed by atoms with Crippen LogP contribution in [0.5, 0.6) is 86.5 Å². The molecule has 16 nitrogen and oxygen atoms in total. The largest absolute Gasteiger partial charge is 0.452 e. The molecule has 0 bridgehead atoms. The predicted molar refractivity (Wildman–Crippen MR) is 236 cm³/mol. The SMILES string of the molecule is c1sc2c(c1-c1sc3c(c1-c1sc4c(c1-c1sc5c(c1-c1c(-c6c(-c7c(-c8csc9c8OCO9)sc8c7OCO8)sc7c6OCO7)sc6c1OCO6)OCO5)OCO4)OCO3)OCO2. The third-order valence-corrected chi connectivity index (χ3v) is 19.6. The second kappa shape index (κ2) is 13.0. The zero-order valence-corrected chi connectivity index (χ0v) is 38.1. The number of hydrogen-bond acceptors (Lipinski definition) is 24. The fraction of sp³-hybridized carbons (Fsp3) is 0.200. The van der Waals surface area contributed by atoms with Crippen LogP contribution in [0.2, 0.25) is 0 Å². The molecule has 322 valence electrons. The van der Waals surface area contributed by atoms with Crippen molar-refractivity contribution < 1.29 is 75.8 Å². The van der Waals surface area contributed by atoms with Gasteiger partial charge < -0.3 is 75.8 Å². The minimum atomic E-state index is 0.0366. The summed E-state index contributed by atoms with van der Waals surface area (Å²) in [7, 11) is 0. The summed E-state index contributed by atoms with van der Waals surface area (Å²) in [6.45, 7) is 0.659. The molecule has 64 heavy (non-hydrogen) atoms. The number of thiophene rings is 8. The Hall–Kier alpha value is -5.60. The Bertz CT molecular complexity index is 3130. The van der Waals surface area contributed by atoms with Gasteiger partial charge in [0, 0.05) is 21.9 Å². The minimum absolute atomic E-state index is 0.0366. The van der Waals surface area contributed by atoms with E-state index in [1.165, 1.54) is 90.7 Å². The average Bonchev–Trinajstić information content (AvgIpc) is 4.09. The summed E-state index contributed by atoms with van der Waals surface area (Å²) >= 11 is 11.8. The number of rotatable bonds is 7. The van der Waals surface area contributed by atoms with E-state index in [0.29, 0.717) is 76.4 Å². The van der Waals surface area contributed by atoms with Crippen molar-refractivity contribution >= 4 is 90.7 Å². The van der Waals surface area contributed by atoms with E-state index < -0.39 is 0 Å². The molecule has 0 aliphatic carbocycles. The van der Waals surface area contributed by atoms with Gasteiger partial charge in [-0.1, -0.05) is 68.0 Å². The van der Waals surface area contributed by atoms with Crippen LogP contribution in [0.15, 0.2) is 10.8 Å². The van der Waals surface area contributed by atoms with Gasteiger partial charge in [-0.25, -0.2) is 0 Å². The average molecular weight is 1010 g/mol. The van der Waals surface area contributed by atoms with Crippen molar-refractivity contribution in [3.05, 3.63) is 10.8 Å². The van der Waals surface area contributed by atoms with Crippen molar-refractivity contribution in [1.82, 2.24) is 0 Å². The molecule has 8 aliphatic heterocycles. The molecule has 8 aliphatic rings. The van der Waals surface area contributed by atoms with Crippen molar-refractivity contribution in [1.29, 1.82) is 0 Å². The molecule has 8 aromatic heterocycles. The fourth-order valence-electron chi connectivity index (χ4n) is 8.67. The molecule has 0 fully saturated rings. The first-order chi connectivity index (χ1) is 31.7. The van der Waals surface area contributed by atoms with Gasteiger partial charge in [0.2, 0.25) is 94.8 Å². The van der Waals surface area contributed by atoms with Gasteiger partial charge in [0.15, 0.2) is 46.0 Å². The van der Waals surface area contributed by atoms with E-state index in [1.807, 2.05) is 10.8 Å². The van der Waals surface area contributed by atoms with Gasteiger partial charge in [-0.15, -0.1) is 22.7 Å². The van der Waals surface area contributed by atoms with Gasteiger partial charge in [-0.05, 0) is 0 Å². The van der Waals surface area contributed by atoms with Gasteiger partial charge in [0.25, 0.3) is 0 Å². The molecular weight excluding hydrogens is 993 g/mol. The maximum Gasteiger partial charge on any atom is 0.232 e. The van der Waals surface area contributed by atoms with Crippen LogP contribution < -0.4 is 75.8 Å². The van der Waals surface area contributed by atoms with Crippen LogP contribution in [0.25, 0.3) is 73.8 Å². The quantitative estimate of drug-likeness (QED) is 0.149. The maximum atomic E-state index is 6.43. The standard InChI is InChI=1S/C40H18O16S8/c1-11(19-33(57-1)49-3-41-19)27-15(23-37(59-27)53-7-45-23)31-17(25-39(63-31)55-9-47-25)29-13(21-35(61-29)51-5-43-21)14-22-36(52-6-44-22)62-30(14)18-26-40(56-10-48-26)64-32(18)16-24-38(54-8-46-24)60-28(16)12-2-58-34-20(12)42-4-50-34/h1-2H,3-10H2.